The van der Waals surface area contributed by atoms with Crippen LogP contribution < -0.4 is 5.43 Å². The fourth-order valence-electron chi connectivity index (χ4n) is 2.67. The summed E-state index contributed by atoms with van der Waals surface area (Å²) in [5, 5.41) is 6.79. The monoisotopic (exact) mass is 250 g/mol. The first kappa shape index (κ1) is 13.6. The van der Waals surface area contributed by atoms with Gasteiger partial charge in [0.2, 0.25) is 0 Å². The van der Waals surface area contributed by atoms with Crippen molar-refractivity contribution < 1.29 is 0 Å². The predicted octanol–water partition coefficient (Wildman–Crippen LogP) is 2.73. The third-order valence-electron chi connectivity index (χ3n) is 3.84. The van der Waals surface area contributed by atoms with E-state index in [1.807, 2.05) is 10.9 Å². The van der Waals surface area contributed by atoms with Crippen LogP contribution in [0.2, 0.25) is 0 Å². The molecule has 4 nitrogen and oxygen atoms in total. The molecule has 0 aromatic carbocycles. The van der Waals surface area contributed by atoms with Crippen LogP contribution >= 0.6 is 0 Å². The Bertz CT molecular complexity index is 362. The van der Waals surface area contributed by atoms with Crippen LogP contribution in [-0.4, -0.2) is 26.9 Å². The van der Waals surface area contributed by atoms with Gasteiger partial charge in [0.25, 0.3) is 0 Å². The van der Waals surface area contributed by atoms with E-state index in [0.717, 1.165) is 6.54 Å². The normalized spacial score (nSPS) is 25.8. The third-order valence-corrected chi connectivity index (χ3v) is 3.84. The minimum Gasteiger partial charge on any atom is -0.270 e. The van der Waals surface area contributed by atoms with Crippen LogP contribution in [0.25, 0.3) is 0 Å². The Morgan fingerprint density at radius 1 is 1.33 bits per heavy atom. The highest BCUT2D eigenvalue weighted by molar-refractivity contribution is 5.03. The van der Waals surface area contributed by atoms with Gasteiger partial charge in [-0.2, -0.15) is 5.10 Å². The molecule has 0 aliphatic carbocycles. The molecular weight excluding hydrogens is 224 g/mol. The first-order valence-electron chi connectivity index (χ1n) is 7.12. The summed E-state index contributed by atoms with van der Waals surface area (Å²) >= 11 is 0. The van der Waals surface area contributed by atoms with Gasteiger partial charge in [-0.15, -0.1) is 0 Å². The highest BCUT2D eigenvalue weighted by atomic mass is 15.5. The Kier molecular flexibility index (Phi) is 4.40. The Balaban J connectivity index is 1.89. The van der Waals surface area contributed by atoms with E-state index in [-0.39, 0.29) is 0 Å². The number of nitrogens with zero attached hydrogens (tertiary/aromatic N) is 3. The average Bonchev–Trinajstić information content (AvgIpc) is 2.77. The Morgan fingerprint density at radius 2 is 2.00 bits per heavy atom. The summed E-state index contributed by atoms with van der Waals surface area (Å²) in [6.45, 7) is 9.79. The number of hydrogen-bond acceptors (Lipinski definition) is 3. The maximum Gasteiger partial charge on any atom is 0.0535 e. The predicted molar refractivity (Wildman–Crippen MR) is 74.1 cm³/mol. The third kappa shape index (κ3) is 3.12. The molecule has 1 N–H and O–H groups in total. The van der Waals surface area contributed by atoms with Gasteiger partial charge in [0, 0.05) is 36.4 Å². The molecule has 102 valence electrons. The van der Waals surface area contributed by atoms with Crippen LogP contribution in [0.3, 0.4) is 0 Å². The van der Waals surface area contributed by atoms with Crippen molar-refractivity contribution >= 4 is 0 Å². The number of aromatic nitrogens is 2. The van der Waals surface area contributed by atoms with Crippen LogP contribution in [0.4, 0.5) is 0 Å². The molecule has 2 atom stereocenters. The lowest BCUT2D eigenvalue weighted by molar-refractivity contribution is 0.0435. The maximum atomic E-state index is 4.38. The summed E-state index contributed by atoms with van der Waals surface area (Å²) < 4.78 is 2.01. The molecule has 18 heavy (non-hydrogen) atoms. The van der Waals surface area contributed by atoms with Crippen LogP contribution in [-0.2, 0) is 6.54 Å². The second kappa shape index (κ2) is 5.85. The molecule has 1 saturated heterocycles. The molecule has 0 spiro atoms. The van der Waals surface area contributed by atoms with Crippen molar-refractivity contribution in [3.8, 4) is 0 Å². The maximum absolute atomic E-state index is 4.38. The van der Waals surface area contributed by atoms with Crippen molar-refractivity contribution in [2.24, 2.45) is 0 Å². The lowest BCUT2D eigenvalue weighted by Gasteiger charge is -2.39. The Labute approximate surface area is 110 Å². The molecular formula is C14H26N4. The van der Waals surface area contributed by atoms with E-state index >= 15 is 0 Å². The summed E-state index contributed by atoms with van der Waals surface area (Å²) in [6.07, 6.45) is 8.04. The summed E-state index contributed by atoms with van der Waals surface area (Å²) in [5.74, 6) is 0. The molecule has 0 bridgehead atoms. The summed E-state index contributed by atoms with van der Waals surface area (Å²) in [6, 6.07) is 1.70. The van der Waals surface area contributed by atoms with Gasteiger partial charge in [-0.1, -0.05) is 6.42 Å². The second-order valence-electron chi connectivity index (χ2n) is 5.79. The number of hydrazine groups is 1. The SMILES string of the molecule is CC1CCCC(C)N1NCc1cnn(C(C)C)c1. The minimum atomic E-state index is 0.437. The molecule has 0 amide bonds. The van der Waals surface area contributed by atoms with Gasteiger partial charge in [-0.25, -0.2) is 5.01 Å². The van der Waals surface area contributed by atoms with Gasteiger partial charge in [0.15, 0.2) is 0 Å². The van der Waals surface area contributed by atoms with E-state index in [2.05, 4.69) is 49.4 Å². The number of hydrogen-bond donors (Lipinski definition) is 1. The van der Waals surface area contributed by atoms with Crippen molar-refractivity contribution in [3.63, 3.8) is 0 Å². The first-order chi connectivity index (χ1) is 8.58. The zero-order valence-corrected chi connectivity index (χ0v) is 12.1. The summed E-state index contributed by atoms with van der Waals surface area (Å²) in [4.78, 5) is 0. The van der Waals surface area contributed by atoms with Crippen LogP contribution in [0, 0.1) is 0 Å². The highest BCUT2D eigenvalue weighted by Gasteiger charge is 2.24. The standard InChI is InChI=1S/C14H26N4/c1-11(2)17-10-14(8-15-17)9-16-18-12(3)6-5-7-13(18)4/h8,10-13,16H,5-7,9H2,1-4H3. The average molecular weight is 250 g/mol. The van der Waals surface area contributed by atoms with E-state index in [1.54, 1.807) is 0 Å². The van der Waals surface area contributed by atoms with Crippen molar-refractivity contribution in [2.45, 2.75) is 71.6 Å². The summed E-state index contributed by atoms with van der Waals surface area (Å²) in [5.41, 5.74) is 4.83. The van der Waals surface area contributed by atoms with Gasteiger partial charge >= 0.3 is 0 Å². The van der Waals surface area contributed by atoms with Crippen molar-refractivity contribution in [2.75, 3.05) is 0 Å². The van der Waals surface area contributed by atoms with Crippen LogP contribution in [0.1, 0.15) is 58.6 Å². The molecule has 0 radical (unpaired) electrons. The lowest BCUT2D eigenvalue weighted by Crippen LogP contribution is -2.51. The van der Waals surface area contributed by atoms with Crippen molar-refractivity contribution in [3.05, 3.63) is 18.0 Å². The molecule has 1 aliphatic rings. The lowest BCUT2D eigenvalue weighted by atomic mass is 10.00. The van der Waals surface area contributed by atoms with Gasteiger partial charge < -0.3 is 0 Å². The highest BCUT2D eigenvalue weighted by Crippen LogP contribution is 2.20. The molecule has 1 fully saturated rings. The number of nitrogens with one attached hydrogen (secondary N) is 1. The first-order valence-corrected chi connectivity index (χ1v) is 7.12. The van der Waals surface area contributed by atoms with Gasteiger partial charge in [-0.3, -0.25) is 10.1 Å². The molecule has 0 saturated carbocycles. The van der Waals surface area contributed by atoms with E-state index in [0.29, 0.717) is 18.1 Å². The Hall–Kier alpha value is -0.870. The van der Waals surface area contributed by atoms with E-state index < -0.39 is 0 Å². The van der Waals surface area contributed by atoms with E-state index in [4.69, 9.17) is 0 Å². The topological polar surface area (TPSA) is 33.1 Å². The zero-order valence-electron chi connectivity index (χ0n) is 12.1. The fourth-order valence-corrected chi connectivity index (χ4v) is 2.67. The quantitative estimate of drug-likeness (QED) is 0.892. The largest absolute Gasteiger partial charge is 0.270 e. The van der Waals surface area contributed by atoms with Gasteiger partial charge in [0.05, 0.1) is 6.20 Å². The smallest absolute Gasteiger partial charge is 0.0535 e. The molecule has 2 unspecified atom stereocenters. The zero-order chi connectivity index (χ0) is 13.1. The molecule has 2 rings (SSSR count). The van der Waals surface area contributed by atoms with Crippen LogP contribution in [0.15, 0.2) is 12.4 Å². The number of piperidine rings is 1. The van der Waals surface area contributed by atoms with E-state index in [1.165, 1.54) is 24.8 Å². The molecule has 1 aromatic rings. The molecule has 1 aliphatic heterocycles. The molecule has 4 heteroatoms. The molecule has 2 heterocycles. The second-order valence-corrected chi connectivity index (χ2v) is 5.79. The Morgan fingerprint density at radius 3 is 2.56 bits per heavy atom. The fraction of sp³-hybridized carbons (Fsp3) is 0.786. The number of rotatable bonds is 4. The van der Waals surface area contributed by atoms with Crippen LogP contribution in [0.5, 0.6) is 0 Å². The minimum absolute atomic E-state index is 0.437. The van der Waals surface area contributed by atoms with Gasteiger partial charge in [-0.05, 0) is 40.5 Å². The van der Waals surface area contributed by atoms with E-state index in [9.17, 15) is 0 Å². The van der Waals surface area contributed by atoms with Gasteiger partial charge in [0.1, 0.15) is 0 Å². The summed E-state index contributed by atoms with van der Waals surface area (Å²) in [7, 11) is 0. The molecule has 1 aromatic heterocycles. The van der Waals surface area contributed by atoms with Crippen molar-refractivity contribution in [1.82, 2.24) is 20.2 Å². The van der Waals surface area contributed by atoms with Crippen molar-refractivity contribution in [1.29, 1.82) is 0 Å².